The molecule has 0 bridgehead atoms. The van der Waals surface area contributed by atoms with Gasteiger partial charge in [-0.2, -0.15) is 0 Å². The zero-order valence-corrected chi connectivity index (χ0v) is 6.84. The molecule has 0 unspecified atom stereocenters. The van der Waals surface area contributed by atoms with Gasteiger partial charge in [-0.15, -0.1) is 0 Å². The molecule has 0 aliphatic carbocycles. The average Bonchev–Trinajstić information content (AvgIpc) is 2.52. The van der Waals surface area contributed by atoms with Gasteiger partial charge < -0.3 is 9.47 Å². The van der Waals surface area contributed by atoms with Crippen LogP contribution < -0.4 is 0 Å². The molecule has 0 aromatic heterocycles. The van der Waals surface area contributed by atoms with E-state index in [2.05, 4.69) is 0 Å². The van der Waals surface area contributed by atoms with Gasteiger partial charge in [-0.25, -0.2) is 0 Å². The number of esters is 1. The molecule has 0 aromatic carbocycles. The average molecular weight is 158 g/mol. The summed E-state index contributed by atoms with van der Waals surface area (Å²) in [6, 6.07) is 0. The third-order valence-electron chi connectivity index (χ3n) is 1.74. The third kappa shape index (κ3) is 2.89. The Hall–Kier alpha value is -0.570. The lowest BCUT2D eigenvalue weighted by Crippen LogP contribution is -2.17. The van der Waals surface area contributed by atoms with Crippen molar-refractivity contribution in [3.05, 3.63) is 0 Å². The van der Waals surface area contributed by atoms with E-state index in [1.807, 2.05) is 0 Å². The van der Waals surface area contributed by atoms with E-state index in [1.165, 1.54) is 0 Å². The molecule has 0 radical (unpaired) electrons. The molecule has 0 aromatic rings. The second kappa shape index (κ2) is 4.34. The first-order valence-corrected chi connectivity index (χ1v) is 4.10. The van der Waals surface area contributed by atoms with Crippen molar-refractivity contribution in [2.24, 2.45) is 0 Å². The Morgan fingerprint density at radius 1 is 1.73 bits per heavy atom. The van der Waals surface area contributed by atoms with Gasteiger partial charge in [0.1, 0.15) is 6.61 Å². The highest BCUT2D eigenvalue weighted by molar-refractivity contribution is 5.68. The molecular weight excluding hydrogens is 144 g/mol. The molecule has 1 fully saturated rings. The van der Waals surface area contributed by atoms with E-state index in [1.54, 1.807) is 6.92 Å². The fraction of sp³-hybridized carbons (Fsp3) is 0.875. The zero-order chi connectivity index (χ0) is 8.10. The highest BCUT2D eigenvalue weighted by Gasteiger charge is 2.16. The summed E-state index contributed by atoms with van der Waals surface area (Å²) in [4.78, 5) is 10.7. The number of carbonyl (C=O) groups excluding carboxylic acids is 1. The quantitative estimate of drug-likeness (QED) is 0.577. The van der Waals surface area contributed by atoms with E-state index >= 15 is 0 Å². The van der Waals surface area contributed by atoms with Crippen LogP contribution in [0.2, 0.25) is 0 Å². The van der Waals surface area contributed by atoms with Crippen LogP contribution in [0.25, 0.3) is 0 Å². The zero-order valence-electron chi connectivity index (χ0n) is 6.84. The van der Waals surface area contributed by atoms with Gasteiger partial charge in [-0.3, -0.25) is 4.79 Å². The Balaban J connectivity index is 2.06. The van der Waals surface area contributed by atoms with Crippen LogP contribution in [-0.4, -0.2) is 25.3 Å². The van der Waals surface area contributed by atoms with Crippen LogP contribution in [0.4, 0.5) is 0 Å². The predicted octanol–water partition coefficient (Wildman–Crippen LogP) is 1.12. The molecule has 1 heterocycles. The van der Waals surface area contributed by atoms with Gasteiger partial charge in [-0.1, -0.05) is 6.92 Å². The third-order valence-corrected chi connectivity index (χ3v) is 1.74. The highest BCUT2D eigenvalue weighted by atomic mass is 16.6. The molecule has 1 rings (SSSR count). The molecule has 1 saturated heterocycles. The minimum Gasteiger partial charge on any atom is -0.463 e. The highest BCUT2D eigenvalue weighted by Crippen LogP contribution is 2.11. The van der Waals surface area contributed by atoms with Crippen molar-refractivity contribution in [2.75, 3.05) is 13.2 Å². The number of ether oxygens (including phenoxy) is 2. The second-order valence-electron chi connectivity index (χ2n) is 2.67. The summed E-state index contributed by atoms with van der Waals surface area (Å²) in [7, 11) is 0. The van der Waals surface area contributed by atoms with Crippen molar-refractivity contribution < 1.29 is 14.3 Å². The lowest BCUT2D eigenvalue weighted by atomic mass is 10.2. The molecule has 0 amide bonds. The monoisotopic (exact) mass is 158 g/mol. The van der Waals surface area contributed by atoms with Crippen LogP contribution in [-0.2, 0) is 14.3 Å². The van der Waals surface area contributed by atoms with Gasteiger partial charge in [0.05, 0.1) is 6.10 Å². The van der Waals surface area contributed by atoms with Gasteiger partial charge in [-0.05, 0) is 12.8 Å². The van der Waals surface area contributed by atoms with Crippen LogP contribution in [0.15, 0.2) is 0 Å². The topological polar surface area (TPSA) is 35.5 Å². The number of hydrogen-bond acceptors (Lipinski definition) is 3. The Kier molecular flexibility index (Phi) is 3.36. The maximum Gasteiger partial charge on any atom is 0.305 e. The predicted molar refractivity (Wildman–Crippen MR) is 40.2 cm³/mol. The molecule has 1 aliphatic rings. The lowest BCUT2D eigenvalue weighted by molar-refractivity contribution is -0.146. The van der Waals surface area contributed by atoms with Crippen molar-refractivity contribution in [2.45, 2.75) is 32.3 Å². The van der Waals surface area contributed by atoms with Gasteiger partial charge in [0.25, 0.3) is 0 Å². The Labute approximate surface area is 66.7 Å². The van der Waals surface area contributed by atoms with Crippen LogP contribution in [0.3, 0.4) is 0 Å². The summed E-state index contributed by atoms with van der Waals surface area (Å²) in [6.07, 6.45) is 2.73. The van der Waals surface area contributed by atoms with Gasteiger partial charge in [0.15, 0.2) is 0 Å². The summed E-state index contributed by atoms with van der Waals surface area (Å²) >= 11 is 0. The number of carbonyl (C=O) groups is 1. The van der Waals surface area contributed by atoms with E-state index < -0.39 is 0 Å². The fourth-order valence-electron chi connectivity index (χ4n) is 1.06. The smallest absolute Gasteiger partial charge is 0.305 e. The largest absolute Gasteiger partial charge is 0.463 e. The summed E-state index contributed by atoms with van der Waals surface area (Å²) in [5, 5.41) is 0. The van der Waals surface area contributed by atoms with Gasteiger partial charge >= 0.3 is 5.97 Å². The maximum absolute atomic E-state index is 10.7. The molecule has 3 nitrogen and oxygen atoms in total. The molecule has 0 saturated carbocycles. The Bertz CT molecular complexity index is 127. The van der Waals surface area contributed by atoms with E-state index in [-0.39, 0.29) is 12.1 Å². The van der Waals surface area contributed by atoms with Crippen molar-refractivity contribution in [3.63, 3.8) is 0 Å². The first-order valence-electron chi connectivity index (χ1n) is 4.10. The normalized spacial score (nSPS) is 23.5. The van der Waals surface area contributed by atoms with Crippen LogP contribution in [0.1, 0.15) is 26.2 Å². The molecule has 0 spiro atoms. The number of rotatable bonds is 3. The van der Waals surface area contributed by atoms with E-state index in [0.717, 1.165) is 19.4 Å². The Morgan fingerprint density at radius 2 is 2.55 bits per heavy atom. The molecule has 64 valence electrons. The fourth-order valence-corrected chi connectivity index (χ4v) is 1.06. The summed E-state index contributed by atoms with van der Waals surface area (Å²) < 4.78 is 10.2. The van der Waals surface area contributed by atoms with Crippen molar-refractivity contribution in [1.29, 1.82) is 0 Å². The molecule has 0 N–H and O–H groups in total. The van der Waals surface area contributed by atoms with Gasteiger partial charge in [0, 0.05) is 13.0 Å². The van der Waals surface area contributed by atoms with Crippen LogP contribution in [0.5, 0.6) is 0 Å². The molecule has 11 heavy (non-hydrogen) atoms. The van der Waals surface area contributed by atoms with E-state index in [9.17, 15) is 4.79 Å². The number of hydrogen-bond donors (Lipinski definition) is 0. The van der Waals surface area contributed by atoms with Crippen molar-refractivity contribution >= 4 is 5.97 Å². The summed E-state index contributed by atoms with van der Waals surface area (Å²) in [5.41, 5.74) is 0. The lowest BCUT2D eigenvalue weighted by Gasteiger charge is -2.08. The van der Waals surface area contributed by atoms with Gasteiger partial charge in [0.2, 0.25) is 0 Å². The maximum atomic E-state index is 10.7. The first kappa shape index (κ1) is 8.53. The summed E-state index contributed by atoms with van der Waals surface area (Å²) in [5.74, 6) is -0.138. The van der Waals surface area contributed by atoms with E-state index in [4.69, 9.17) is 9.47 Å². The molecule has 1 atom stereocenters. The second-order valence-corrected chi connectivity index (χ2v) is 2.67. The molecular formula is C8H14O3. The molecule has 3 heteroatoms. The van der Waals surface area contributed by atoms with Crippen LogP contribution >= 0.6 is 0 Å². The van der Waals surface area contributed by atoms with E-state index in [0.29, 0.717) is 13.0 Å². The van der Waals surface area contributed by atoms with Crippen LogP contribution in [0, 0.1) is 0 Å². The molecule has 1 aliphatic heterocycles. The SMILES string of the molecule is CCC(=O)OC[C@@H]1CCCO1. The Morgan fingerprint density at radius 3 is 3.09 bits per heavy atom. The van der Waals surface area contributed by atoms with Crippen molar-refractivity contribution in [3.8, 4) is 0 Å². The van der Waals surface area contributed by atoms with Crippen molar-refractivity contribution in [1.82, 2.24) is 0 Å². The summed E-state index contributed by atoms with van der Waals surface area (Å²) in [6.45, 7) is 3.04. The first-order chi connectivity index (χ1) is 5.33. The standard InChI is InChI=1S/C8H14O3/c1-2-8(9)11-6-7-4-3-5-10-7/h7H,2-6H2,1H3/t7-/m0/s1. The minimum absolute atomic E-state index is 0.138. The minimum atomic E-state index is -0.138.